The van der Waals surface area contributed by atoms with Crippen molar-refractivity contribution < 1.29 is 9.90 Å². The van der Waals surface area contributed by atoms with Gasteiger partial charge in [0.05, 0.1) is 18.3 Å². The summed E-state index contributed by atoms with van der Waals surface area (Å²) >= 11 is 5.96. The summed E-state index contributed by atoms with van der Waals surface area (Å²) in [5.41, 5.74) is 0.161. The van der Waals surface area contributed by atoms with E-state index in [-0.39, 0.29) is 30.1 Å². The van der Waals surface area contributed by atoms with Crippen molar-refractivity contribution in [1.82, 2.24) is 14.6 Å². The van der Waals surface area contributed by atoms with E-state index in [4.69, 9.17) is 11.6 Å². The maximum atomic E-state index is 12.6. The molecule has 0 saturated carbocycles. The molecule has 3 aromatic rings. The molecule has 1 aromatic heterocycles. The molecule has 2 heterocycles. The molecule has 0 saturated heterocycles. The highest BCUT2D eigenvalue weighted by atomic mass is 35.5. The van der Waals surface area contributed by atoms with Crippen LogP contribution in [0.1, 0.15) is 36.1 Å². The Hall–Kier alpha value is -3.65. The minimum atomic E-state index is -0.759. The summed E-state index contributed by atoms with van der Waals surface area (Å²) in [5.74, 6) is -0.805. The van der Waals surface area contributed by atoms with E-state index >= 15 is 0 Å². The van der Waals surface area contributed by atoms with E-state index in [2.05, 4.69) is 10.1 Å². The maximum absolute atomic E-state index is 12.6. The molecule has 0 bridgehead atoms. The van der Waals surface area contributed by atoms with Crippen molar-refractivity contribution in [2.75, 3.05) is 0 Å². The van der Waals surface area contributed by atoms with Crippen LogP contribution in [0.5, 0.6) is 5.88 Å². The lowest BCUT2D eigenvalue weighted by atomic mass is 9.99. The first-order chi connectivity index (χ1) is 14.8. The molecule has 158 valence electrons. The van der Waals surface area contributed by atoms with Crippen molar-refractivity contribution in [3.63, 3.8) is 0 Å². The predicted molar refractivity (Wildman–Crippen MR) is 116 cm³/mol. The van der Waals surface area contributed by atoms with Crippen LogP contribution in [-0.2, 0) is 11.3 Å². The van der Waals surface area contributed by atoms with Gasteiger partial charge in [-0.15, -0.1) is 0 Å². The maximum Gasteiger partial charge on any atom is 0.331 e. The molecule has 0 unspecified atom stereocenters. The van der Waals surface area contributed by atoms with Gasteiger partial charge in [-0.25, -0.2) is 9.80 Å². The standard InChI is InChI=1S/C22H19ClN4O4/c1-13(28)27-18(15-7-9-16(23)10-8-15)11-17(25-27)19-20(29)24-22(31)26(21(19)30)12-14-5-3-2-4-6-14/h2-10,18,30H,11-12H2,1H3,(H,24,29,31)/t18-/m0/s1. The molecular formula is C22H19ClN4O4. The SMILES string of the molecule is CC(=O)N1N=C(c2c(O)n(Cc3ccccc3)c(=O)[nH]c2=O)C[C@H]1c1ccc(Cl)cc1. The van der Waals surface area contributed by atoms with E-state index in [1.807, 2.05) is 18.2 Å². The molecule has 1 aliphatic rings. The van der Waals surface area contributed by atoms with E-state index < -0.39 is 23.2 Å². The summed E-state index contributed by atoms with van der Waals surface area (Å²) in [4.78, 5) is 39.4. The first kappa shape index (κ1) is 20.6. The first-order valence-corrected chi connectivity index (χ1v) is 9.96. The Morgan fingerprint density at radius 2 is 1.84 bits per heavy atom. The zero-order valence-electron chi connectivity index (χ0n) is 16.6. The number of benzene rings is 2. The van der Waals surface area contributed by atoms with Gasteiger partial charge < -0.3 is 5.11 Å². The smallest absolute Gasteiger partial charge is 0.331 e. The number of amides is 1. The van der Waals surface area contributed by atoms with Gasteiger partial charge >= 0.3 is 5.69 Å². The van der Waals surface area contributed by atoms with Gasteiger partial charge in [-0.1, -0.05) is 54.1 Å². The second-order valence-corrected chi connectivity index (χ2v) is 7.65. The number of nitrogens with one attached hydrogen (secondary N) is 1. The Labute approximate surface area is 182 Å². The number of halogens is 1. The molecule has 0 fully saturated rings. The molecule has 9 heteroatoms. The van der Waals surface area contributed by atoms with Crippen molar-refractivity contribution in [2.45, 2.75) is 25.9 Å². The molecular weight excluding hydrogens is 420 g/mol. The number of rotatable bonds is 4. The zero-order valence-corrected chi connectivity index (χ0v) is 17.3. The lowest BCUT2D eigenvalue weighted by Gasteiger charge is -2.20. The average Bonchev–Trinajstić information content (AvgIpc) is 3.17. The van der Waals surface area contributed by atoms with Crippen LogP contribution in [0.3, 0.4) is 0 Å². The van der Waals surface area contributed by atoms with Crippen molar-refractivity contribution >= 4 is 23.2 Å². The Kier molecular flexibility index (Phi) is 5.48. The minimum absolute atomic E-state index is 0.0690. The van der Waals surface area contributed by atoms with Crippen LogP contribution in [0, 0.1) is 0 Å². The summed E-state index contributed by atoms with van der Waals surface area (Å²) < 4.78 is 1.07. The van der Waals surface area contributed by atoms with E-state index in [9.17, 15) is 19.5 Å². The van der Waals surface area contributed by atoms with Gasteiger partial charge in [-0.05, 0) is 23.3 Å². The van der Waals surface area contributed by atoms with Crippen LogP contribution in [0.4, 0.5) is 0 Å². The normalized spacial score (nSPS) is 15.7. The van der Waals surface area contributed by atoms with Crippen molar-refractivity contribution in [2.24, 2.45) is 5.10 Å². The molecule has 0 aliphatic carbocycles. The third-order valence-electron chi connectivity index (χ3n) is 5.13. The van der Waals surface area contributed by atoms with Crippen LogP contribution >= 0.6 is 11.6 Å². The Morgan fingerprint density at radius 3 is 2.48 bits per heavy atom. The van der Waals surface area contributed by atoms with Crippen LogP contribution < -0.4 is 11.2 Å². The van der Waals surface area contributed by atoms with Crippen LogP contribution in [0.2, 0.25) is 5.02 Å². The summed E-state index contributed by atoms with van der Waals surface area (Å²) in [6.07, 6.45) is 0.196. The topological polar surface area (TPSA) is 108 Å². The van der Waals surface area contributed by atoms with Crippen molar-refractivity contribution in [1.29, 1.82) is 0 Å². The van der Waals surface area contributed by atoms with Crippen molar-refractivity contribution in [3.8, 4) is 5.88 Å². The van der Waals surface area contributed by atoms with Gasteiger partial charge in [-0.2, -0.15) is 5.10 Å². The van der Waals surface area contributed by atoms with E-state index in [1.165, 1.54) is 11.9 Å². The van der Waals surface area contributed by atoms with Crippen molar-refractivity contribution in [3.05, 3.63) is 97.1 Å². The monoisotopic (exact) mass is 438 g/mol. The van der Waals surface area contributed by atoms with Gasteiger partial charge in [0, 0.05) is 18.4 Å². The van der Waals surface area contributed by atoms with E-state index in [0.717, 1.165) is 15.7 Å². The molecule has 1 atom stereocenters. The molecule has 2 N–H and O–H groups in total. The fourth-order valence-electron chi connectivity index (χ4n) is 3.63. The highest BCUT2D eigenvalue weighted by molar-refractivity contribution is 6.30. The second-order valence-electron chi connectivity index (χ2n) is 7.21. The predicted octanol–water partition coefficient (Wildman–Crippen LogP) is 2.64. The largest absolute Gasteiger partial charge is 0.494 e. The molecule has 0 radical (unpaired) electrons. The molecule has 8 nitrogen and oxygen atoms in total. The Bertz CT molecular complexity index is 1280. The van der Waals surface area contributed by atoms with Gasteiger partial charge in [0.1, 0.15) is 5.56 Å². The number of hydrogen-bond donors (Lipinski definition) is 2. The summed E-state index contributed by atoms with van der Waals surface area (Å²) in [6.45, 7) is 1.44. The number of aromatic amines is 1. The minimum Gasteiger partial charge on any atom is -0.494 e. The third kappa shape index (κ3) is 4.02. The third-order valence-corrected chi connectivity index (χ3v) is 5.38. The van der Waals surface area contributed by atoms with Gasteiger partial charge in [0.15, 0.2) is 0 Å². The highest BCUT2D eigenvalue weighted by Gasteiger charge is 2.34. The number of H-pyrrole nitrogens is 1. The zero-order chi connectivity index (χ0) is 22.1. The van der Waals surface area contributed by atoms with E-state index in [0.29, 0.717) is 5.02 Å². The molecule has 4 rings (SSSR count). The van der Waals surface area contributed by atoms with E-state index in [1.54, 1.807) is 36.4 Å². The summed E-state index contributed by atoms with van der Waals surface area (Å²) in [6, 6.07) is 15.6. The van der Waals surface area contributed by atoms with Gasteiger partial charge in [0.25, 0.3) is 5.56 Å². The molecule has 31 heavy (non-hydrogen) atoms. The summed E-state index contributed by atoms with van der Waals surface area (Å²) in [7, 11) is 0. The Balaban J connectivity index is 1.76. The number of nitrogens with zero attached hydrogens (tertiary/aromatic N) is 3. The quantitative estimate of drug-likeness (QED) is 0.652. The molecule has 2 aromatic carbocycles. The number of hydrogen-bond acceptors (Lipinski definition) is 5. The lowest BCUT2D eigenvalue weighted by Crippen LogP contribution is -2.34. The fourth-order valence-corrected chi connectivity index (χ4v) is 3.75. The molecule has 1 amide bonds. The number of aromatic hydroxyl groups is 1. The molecule has 1 aliphatic heterocycles. The first-order valence-electron chi connectivity index (χ1n) is 9.58. The fraction of sp³-hybridized carbons (Fsp3) is 0.182. The number of carbonyl (C=O) groups excluding carboxylic acids is 1. The number of hydrazone groups is 1. The summed E-state index contributed by atoms with van der Waals surface area (Å²) in [5, 5.41) is 17.0. The Morgan fingerprint density at radius 1 is 1.16 bits per heavy atom. The number of aromatic nitrogens is 2. The average molecular weight is 439 g/mol. The second kappa shape index (κ2) is 8.23. The van der Waals surface area contributed by atoms with Gasteiger partial charge in [0.2, 0.25) is 11.8 Å². The van der Waals surface area contributed by atoms with Crippen LogP contribution in [0.25, 0.3) is 0 Å². The highest BCUT2D eigenvalue weighted by Crippen LogP contribution is 2.34. The molecule has 0 spiro atoms. The number of carbonyl (C=O) groups is 1. The lowest BCUT2D eigenvalue weighted by molar-refractivity contribution is -0.130. The van der Waals surface area contributed by atoms with Crippen LogP contribution in [0.15, 0.2) is 69.3 Å². The van der Waals surface area contributed by atoms with Gasteiger partial charge in [-0.3, -0.25) is 19.1 Å². The van der Waals surface area contributed by atoms with Crippen LogP contribution in [-0.4, -0.2) is 31.3 Å².